The molecule has 0 bridgehead atoms. The maximum atomic E-state index is 13.5. The Balaban J connectivity index is 1.50. The third-order valence-corrected chi connectivity index (χ3v) is 7.59. The predicted octanol–water partition coefficient (Wildman–Crippen LogP) is 3.79. The summed E-state index contributed by atoms with van der Waals surface area (Å²) in [6.45, 7) is 7.64. The van der Waals surface area contributed by atoms with Crippen molar-refractivity contribution in [2.24, 2.45) is 0 Å². The van der Waals surface area contributed by atoms with Gasteiger partial charge in [0.15, 0.2) is 23.0 Å². The van der Waals surface area contributed by atoms with Gasteiger partial charge in [0.05, 0.1) is 38.5 Å². The fraction of sp³-hybridized carbons (Fsp3) is 0.484. The number of aliphatic hydroxyl groups excluding tert-OH is 1. The van der Waals surface area contributed by atoms with Crippen LogP contribution in [0.4, 0.5) is 0 Å². The molecule has 220 valence electrons. The summed E-state index contributed by atoms with van der Waals surface area (Å²) < 4.78 is 28.3. The maximum absolute atomic E-state index is 13.5. The number of ether oxygens (including phenoxy) is 5. The number of carbonyl (C=O) groups excluding carboxylic acids is 2. The average Bonchev–Trinajstić information content (AvgIpc) is 3.26. The number of fused-ring (bicyclic) bond motifs is 1. The summed E-state index contributed by atoms with van der Waals surface area (Å²) >= 11 is 0. The summed E-state index contributed by atoms with van der Waals surface area (Å²) in [6, 6.07) is 9.60. The summed E-state index contributed by atoms with van der Waals surface area (Å²) in [6.07, 6.45) is 2.58. The third kappa shape index (κ3) is 6.28. The van der Waals surface area contributed by atoms with Crippen molar-refractivity contribution in [2.75, 3.05) is 66.3 Å². The zero-order valence-electron chi connectivity index (χ0n) is 23.7. The van der Waals surface area contributed by atoms with Crippen molar-refractivity contribution < 1.29 is 38.4 Å². The molecule has 1 amide bonds. The van der Waals surface area contributed by atoms with Crippen LogP contribution in [0, 0.1) is 0 Å². The van der Waals surface area contributed by atoms with Crippen LogP contribution in [0.1, 0.15) is 43.4 Å². The highest BCUT2D eigenvalue weighted by molar-refractivity contribution is 6.46. The first-order valence-corrected chi connectivity index (χ1v) is 14.3. The minimum Gasteiger partial charge on any atom is -0.507 e. The average molecular weight is 567 g/mol. The molecule has 3 aliphatic rings. The molecule has 0 aliphatic carbocycles. The van der Waals surface area contributed by atoms with E-state index in [9.17, 15) is 14.7 Å². The van der Waals surface area contributed by atoms with E-state index in [-0.39, 0.29) is 11.3 Å². The third-order valence-electron chi connectivity index (χ3n) is 7.59. The van der Waals surface area contributed by atoms with E-state index in [1.165, 1.54) is 0 Å². The van der Waals surface area contributed by atoms with Crippen LogP contribution in [0.2, 0.25) is 0 Å². The van der Waals surface area contributed by atoms with Crippen molar-refractivity contribution in [1.82, 2.24) is 9.80 Å². The van der Waals surface area contributed by atoms with E-state index < -0.39 is 17.7 Å². The van der Waals surface area contributed by atoms with Crippen LogP contribution in [-0.4, -0.2) is 92.9 Å². The molecule has 10 heteroatoms. The van der Waals surface area contributed by atoms with Crippen LogP contribution in [0.5, 0.6) is 23.0 Å². The number of likely N-dealkylation sites (tertiary alicyclic amines) is 1. The van der Waals surface area contributed by atoms with Gasteiger partial charge in [0.1, 0.15) is 19.0 Å². The summed E-state index contributed by atoms with van der Waals surface area (Å²) in [5.41, 5.74) is 1.05. The van der Waals surface area contributed by atoms with Gasteiger partial charge in [-0.25, -0.2) is 0 Å². The Morgan fingerprint density at radius 3 is 2.49 bits per heavy atom. The van der Waals surface area contributed by atoms with Crippen LogP contribution < -0.4 is 18.9 Å². The Bertz CT molecular complexity index is 1290. The Hall–Kier alpha value is -3.76. The number of Topliss-reactive ketones (excluding diaryl/α,β-unsaturated/α-hetero) is 1. The molecule has 1 N–H and O–H groups in total. The van der Waals surface area contributed by atoms with Crippen molar-refractivity contribution in [1.29, 1.82) is 0 Å². The van der Waals surface area contributed by atoms with Crippen molar-refractivity contribution >= 4 is 17.4 Å². The Kier molecular flexibility index (Phi) is 9.31. The molecule has 0 spiro atoms. The molecule has 0 saturated carbocycles. The summed E-state index contributed by atoms with van der Waals surface area (Å²) in [5.74, 6) is 0.498. The lowest BCUT2D eigenvalue weighted by Gasteiger charge is -2.29. The van der Waals surface area contributed by atoms with Gasteiger partial charge in [-0.15, -0.1) is 0 Å². The SMILES string of the molecule is CCCCOc1ccc(C2/C(=C(/O)c3ccc4c(c3)OCCO4)C(=O)C(=O)N2CCCN2CCOCC2)cc1OC. The van der Waals surface area contributed by atoms with Gasteiger partial charge in [-0.05, 0) is 48.7 Å². The summed E-state index contributed by atoms with van der Waals surface area (Å²) in [5, 5.41) is 11.5. The minimum absolute atomic E-state index is 0.0276. The normalized spacial score (nSPS) is 20.3. The second-order valence-electron chi connectivity index (χ2n) is 10.3. The monoisotopic (exact) mass is 566 g/mol. The molecule has 0 radical (unpaired) electrons. The lowest BCUT2D eigenvalue weighted by molar-refractivity contribution is -0.140. The predicted molar refractivity (Wildman–Crippen MR) is 152 cm³/mol. The van der Waals surface area contributed by atoms with E-state index in [0.717, 1.165) is 32.5 Å². The lowest BCUT2D eigenvalue weighted by Crippen LogP contribution is -2.39. The second kappa shape index (κ2) is 13.3. The minimum atomic E-state index is -0.800. The van der Waals surface area contributed by atoms with E-state index >= 15 is 0 Å². The number of ketones is 1. The Labute approximate surface area is 240 Å². The van der Waals surface area contributed by atoms with Crippen molar-refractivity contribution in [3.05, 3.63) is 53.1 Å². The number of methoxy groups -OCH3 is 1. The van der Waals surface area contributed by atoms with Gasteiger partial charge in [0, 0.05) is 31.7 Å². The number of carbonyl (C=O) groups is 2. The number of benzene rings is 2. The number of nitrogens with zero attached hydrogens (tertiary/aromatic N) is 2. The van der Waals surface area contributed by atoms with Crippen LogP contribution in [-0.2, 0) is 14.3 Å². The molecule has 10 nitrogen and oxygen atoms in total. The van der Waals surface area contributed by atoms with E-state index in [0.29, 0.717) is 80.1 Å². The fourth-order valence-electron chi connectivity index (χ4n) is 5.39. The molecular formula is C31H38N2O8. The van der Waals surface area contributed by atoms with Gasteiger partial charge in [-0.3, -0.25) is 14.5 Å². The number of morpholine rings is 1. The van der Waals surface area contributed by atoms with Crippen LogP contribution >= 0.6 is 0 Å². The van der Waals surface area contributed by atoms with Gasteiger partial charge in [-0.2, -0.15) is 0 Å². The molecule has 3 heterocycles. The van der Waals surface area contributed by atoms with E-state index in [4.69, 9.17) is 23.7 Å². The number of unbranched alkanes of at least 4 members (excludes halogenated alkanes) is 1. The number of aliphatic hydroxyl groups is 1. The van der Waals surface area contributed by atoms with Gasteiger partial charge in [-0.1, -0.05) is 19.4 Å². The van der Waals surface area contributed by atoms with Gasteiger partial charge >= 0.3 is 0 Å². The number of hydrogen-bond donors (Lipinski definition) is 1. The molecule has 5 rings (SSSR count). The van der Waals surface area contributed by atoms with Crippen molar-refractivity contribution in [2.45, 2.75) is 32.2 Å². The summed E-state index contributed by atoms with van der Waals surface area (Å²) in [4.78, 5) is 30.8. The molecular weight excluding hydrogens is 528 g/mol. The zero-order valence-corrected chi connectivity index (χ0v) is 23.7. The highest BCUT2D eigenvalue weighted by atomic mass is 16.6. The molecule has 2 aromatic rings. The molecule has 1 atom stereocenters. The zero-order chi connectivity index (χ0) is 28.8. The second-order valence-corrected chi connectivity index (χ2v) is 10.3. The quantitative estimate of drug-likeness (QED) is 0.188. The van der Waals surface area contributed by atoms with E-state index in [2.05, 4.69) is 11.8 Å². The van der Waals surface area contributed by atoms with Crippen molar-refractivity contribution in [3.63, 3.8) is 0 Å². The number of rotatable bonds is 11. The maximum Gasteiger partial charge on any atom is 0.295 e. The standard InChI is InChI=1S/C31H38N2O8/c1-3-4-14-39-23-8-6-21(19-25(23)37-2)28-27(29(34)22-7-9-24-26(20-22)41-18-17-40-24)30(35)31(36)33(28)11-5-10-32-12-15-38-16-13-32/h6-9,19-20,28,34H,3-5,10-18H2,1-2H3/b29-27-. The Morgan fingerprint density at radius 1 is 0.951 bits per heavy atom. The fourth-order valence-corrected chi connectivity index (χ4v) is 5.39. The van der Waals surface area contributed by atoms with Crippen LogP contribution in [0.3, 0.4) is 0 Å². The highest BCUT2D eigenvalue weighted by Gasteiger charge is 2.46. The molecule has 3 aliphatic heterocycles. The first-order chi connectivity index (χ1) is 20.0. The Morgan fingerprint density at radius 2 is 1.73 bits per heavy atom. The molecule has 2 saturated heterocycles. The van der Waals surface area contributed by atoms with E-state index in [1.54, 1.807) is 42.3 Å². The van der Waals surface area contributed by atoms with Crippen LogP contribution in [0.15, 0.2) is 42.0 Å². The lowest BCUT2D eigenvalue weighted by atomic mass is 9.94. The molecule has 2 fully saturated rings. The molecule has 2 aromatic carbocycles. The smallest absolute Gasteiger partial charge is 0.295 e. The van der Waals surface area contributed by atoms with Gasteiger partial charge in [0.2, 0.25) is 0 Å². The van der Waals surface area contributed by atoms with Crippen molar-refractivity contribution in [3.8, 4) is 23.0 Å². The topological polar surface area (TPSA) is 107 Å². The molecule has 0 aromatic heterocycles. The first-order valence-electron chi connectivity index (χ1n) is 14.3. The van der Waals surface area contributed by atoms with Crippen LogP contribution in [0.25, 0.3) is 5.76 Å². The largest absolute Gasteiger partial charge is 0.507 e. The first kappa shape index (κ1) is 28.8. The highest BCUT2D eigenvalue weighted by Crippen LogP contribution is 2.43. The number of hydrogen-bond acceptors (Lipinski definition) is 9. The van der Waals surface area contributed by atoms with Gasteiger partial charge in [0.25, 0.3) is 11.7 Å². The molecule has 1 unspecified atom stereocenters. The number of amides is 1. The molecule has 41 heavy (non-hydrogen) atoms. The summed E-state index contributed by atoms with van der Waals surface area (Å²) in [7, 11) is 1.56. The van der Waals surface area contributed by atoms with Gasteiger partial charge < -0.3 is 33.7 Å². The van der Waals surface area contributed by atoms with E-state index in [1.807, 2.05) is 6.07 Å².